The topological polar surface area (TPSA) is 93.4 Å². The summed E-state index contributed by atoms with van der Waals surface area (Å²) in [6.45, 7) is 0.563. The quantitative estimate of drug-likeness (QED) is 0.785. The molecule has 1 aliphatic rings. The highest BCUT2D eigenvalue weighted by molar-refractivity contribution is 7.89. The summed E-state index contributed by atoms with van der Waals surface area (Å²) in [6.07, 6.45) is 3.24. The van der Waals surface area contributed by atoms with Crippen molar-refractivity contribution in [1.82, 2.24) is 9.88 Å². The Labute approximate surface area is 99.5 Å². The van der Waals surface area contributed by atoms with Crippen LogP contribution in [0.4, 0.5) is 0 Å². The van der Waals surface area contributed by atoms with Gasteiger partial charge in [-0.1, -0.05) is 0 Å². The van der Waals surface area contributed by atoms with E-state index >= 15 is 0 Å². The molecule has 2 N–H and O–H groups in total. The minimum Gasteiger partial charge on any atom is -0.337 e. The van der Waals surface area contributed by atoms with E-state index in [-0.39, 0.29) is 18.9 Å². The molecular formula is C10H13N3O3S. The minimum absolute atomic E-state index is 0.0239. The Morgan fingerprint density at radius 3 is 2.59 bits per heavy atom. The van der Waals surface area contributed by atoms with E-state index in [2.05, 4.69) is 4.98 Å². The number of likely N-dealkylation sites (tertiary alicyclic amines) is 1. The summed E-state index contributed by atoms with van der Waals surface area (Å²) < 4.78 is 22.3. The van der Waals surface area contributed by atoms with E-state index in [0.29, 0.717) is 6.54 Å². The van der Waals surface area contributed by atoms with Crippen LogP contribution in [0, 0.1) is 0 Å². The SMILES string of the molecule is NS(=O)(=O)C1CC(=O)N(Cc2ccncc2)C1. The molecule has 1 saturated heterocycles. The van der Waals surface area contributed by atoms with Gasteiger partial charge in [-0.05, 0) is 17.7 Å². The van der Waals surface area contributed by atoms with E-state index < -0.39 is 15.3 Å². The molecule has 2 heterocycles. The van der Waals surface area contributed by atoms with Gasteiger partial charge in [0, 0.05) is 31.9 Å². The lowest BCUT2D eigenvalue weighted by Crippen LogP contribution is -2.31. The second-order valence-electron chi connectivity index (χ2n) is 4.04. The van der Waals surface area contributed by atoms with Crippen LogP contribution in [0.5, 0.6) is 0 Å². The lowest BCUT2D eigenvalue weighted by atomic mass is 10.2. The molecule has 1 unspecified atom stereocenters. The third-order valence-corrected chi connectivity index (χ3v) is 4.01. The molecule has 1 amide bonds. The van der Waals surface area contributed by atoms with E-state index in [1.54, 1.807) is 24.5 Å². The van der Waals surface area contributed by atoms with Gasteiger partial charge >= 0.3 is 0 Å². The molecule has 0 bridgehead atoms. The summed E-state index contributed by atoms with van der Waals surface area (Å²) in [4.78, 5) is 17.0. The number of carbonyl (C=O) groups is 1. The van der Waals surface area contributed by atoms with Gasteiger partial charge in [0.05, 0.1) is 0 Å². The Morgan fingerprint density at radius 1 is 1.41 bits per heavy atom. The molecule has 0 radical (unpaired) electrons. The van der Waals surface area contributed by atoms with Crippen LogP contribution in [-0.2, 0) is 21.4 Å². The number of hydrogen-bond acceptors (Lipinski definition) is 4. The maximum atomic E-state index is 11.6. The van der Waals surface area contributed by atoms with Gasteiger partial charge in [-0.25, -0.2) is 13.6 Å². The van der Waals surface area contributed by atoms with Gasteiger partial charge in [0.1, 0.15) is 5.25 Å². The summed E-state index contributed by atoms with van der Waals surface area (Å²) in [6, 6.07) is 3.58. The molecule has 1 aromatic rings. The van der Waals surface area contributed by atoms with E-state index in [1.165, 1.54) is 4.90 Å². The number of rotatable bonds is 3. The molecule has 1 aromatic heterocycles. The Morgan fingerprint density at radius 2 is 2.06 bits per heavy atom. The standard InChI is InChI=1S/C10H13N3O3S/c11-17(15,16)9-5-10(14)13(7-9)6-8-1-3-12-4-2-8/h1-4,9H,5-7H2,(H2,11,15,16). The minimum atomic E-state index is -3.64. The van der Waals surface area contributed by atoms with Crippen molar-refractivity contribution < 1.29 is 13.2 Å². The molecule has 0 spiro atoms. The zero-order valence-electron chi connectivity index (χ0n) is 9.11. The van der Waals surface area contributed by atoms with Gasteiger partial charge in [-0.15, -0.1) is 0 Å². The zero-order chi connectivity index (χ0) is 12.5. The first-order valence-electron chi connectivity index (χ1n) is 5.15. The Balaban J connectivity index is 2.07. The van der Waals surface area contributed by atoms with Crippen molar-refractivity contribution in [3.8, 4) is 0 Å². The highest BCUT2D eigenvalue weighted by Gasteiger charge is 2.36. The number of pyridine rings is 1. The van der Waals surface area contributed by atoms with Gasteiger partial charge in [0.2, 0.25) is 15.9 Å². The maximum absolute atomic E-state index is 11.6. The molecule has 0 aromatic carbocycles. The monoisotopic (exact) mass is 255 g/mol. The fraction of sp³-hybridized carbons (Fsp3) is 0.400. The predicted octanol–water partition coefficient (Wildman–Crippen LogP) is -0.529. The van der Waals surface area contributed by atoms with Crippen LogP contribution in [-0.4, -0.2) is 36.0 Å². The molecule has 0 aliphatic carbocycles. The van der Waals surface area contributed by atoms with Crippen molar-refractivity contribution in [1.29, 1.82) is 0 Å². The molecule has 92 valence electrons. The molecule has 2 rings (SSSR count). The Bertz CT molecular complexity index is 515. The van der Waals surface area contributed by atoms with Crippen LogP contribution in [0.15, 0.2) is 24.5 Å². The van der Waals surface area contributed by atoms with E-state index in [0.717, 1.165) is 5.56 Å². The van der Waals surface area contributed by atoms with Crippen LogP contribution in [0.1, 0.15) is 12.0 Å². The number of nitrogens with zero attached hydrogens (tertiary/aromatic N) is 2. The smallest absolute Gasteiger partial charge is 0.224 e. The predicted molar refractivity (Wildman–Crippen MR) is 61.2 cm³/mol. The molecule has 17 heavy (non-hydrogen) atoms. The van der Waals surface area contributed by atoms with Crippen molar-refractivity contribution in [2.24, 2.45) is 5.14 Å². The summed E-state index contributed by atoms with van der Waals surface area (Å²) in [5.74, 6) is -0.180. The zero-order valence-corrected chi connectivity index (χ0v) is 9.93. The van der Waals surface area contributed by atoms with Crippen LogP contribution in [0.25, 0.3) is 0 Å². The molecule has 0 saturated carbocycles. The Hall–Kier alpha value is -1.47. The number of nitrogens with two attached hydrogens (primary N) is 1. The number of hydrogen-bond donors (Lipinski definition) is 1. The highest BCUT2D eigenvalue weighted by Crippen LogP contribution is 2.18. The van der Waals surface area contributed by atoms with Crippen molar-refractivity contribution >= 4 is 15.9 Å². The number of aromatic nitrogens is 1. The van der Waals surface area contributed by atoms with Crippen LogP contribution < -0.4 is 5.14 Å². The summed E-state index contributed by atoms with van der Waals surface area (Å²) >= 11 is 0. The van der Waals surface area contributed by atoms with E-state index in [4.69, 9.17) is 5.14 Å². The summed E-state index contributed by atoms with van der Waals surface area (Å²) in [5.41, 5.74) is 0.920. The van der Waals surface area contributed by atoms with Gasteiger partial charge in [0.15, 0.2) is 0 Å². The van der Waals surface area contributed by atoms with Crippen molar-refractivity contribution in [3.63, 3.8) is 0 Å². The molecule has 1 aliphatic heterocycles. The highest BCUT2D eigenvalue weighted by atomic mass is 32.2. The van der Waals surface area contributed by atoms with Crippen LogP contribution in [0.3, 0.4) is 0 Å². The molecule has 1 fully saturated rings. The van der Waals surface area contributed by atoms with Gasteiger partial charge in [-0.3, -0.25) is 9.78 Å². The largest absolute Gasteiger partial charge is 0.337 e. The van der Waals surface area contributed by atoms with E-state index in [1.807, 2.05) is 0 Å². The molecule has 6 nitrogen and oxygen atoms in total. The molecule has 7 heteroatoms. The van der Waals surface area contributed by atoms with Crippen molar-refractivity contribution in [2.75, 3.05) is 6.54 Å². The van der Waals surface area contributed by atoms with Crippen molar-refractivity contribution in [2.45, 2.75) is 18.2 Å². The van der Waals surface area contributed by atoms with Gasteiger partial charge < -0.3 is 4.90 Å². The second-order valence-corrected chi connectivity index (χ2v) is 5.89. The molecular weight excluding hydrogens is 242 g/mol. The lowest BCUT2D eigenvalue weighted by molar-refractivity contribution is -0.128. The third kappa shape index (κ3) is 2.80. The summed E-state index contributed by atoms with van der Waals surface area (Å²) in [7, 11) is -3.64. The van der Waals surface area contributed by atoms with Gasteiger partial charge in [0.25, 0.3) is 0 Å². The van der Waals surface area contributed by atoms with Crippen LogP contribution in [0.2, 0.25) is 0 Å². The maximum Gasteiger partial charge on any atom is 0.224 e. The fourth-order valence-corrected chi connectivity index (χ4v) is 2.58. The number of amides is 1. The van der Waals surface area contributed by atoms with E-state index in [9.17, 15) is 13.2 Å². The third-order valence-electron chi connectivity index (χ3n) is 2.77. The van der Waals surface area contributed by atoms with Crippen molar-refractivity contribution in [3.05, 3.63) is 30.1 Å². The van der Waals surface area contributed by atoms with Crippen LogP contribution >= 0.6 is 0 Å². The normalized spacial score (nSPS) is 20.9. The summed E-state index contributed by atoms with van der Waals surface area (Å²) in [5, 5.41) is 4.26. The number of carbonyl (C=O) groups excluding carboxylic acids is 1. The average Bonchev–Trinajstić information content (AvgIpc) is 2.62. The average molecular weight is 255 g/mol. The Kier molecular flexibility index (Phi) is 3.12. The lowest BCUT2D eigenvalue weighted by Gasteiger charge is -2.15. The molecule has 1 atom stereocenters. The number of sulfonamides is 1. The fourth-order valence-electron chi connectivity index (χ4n) is 1.82. The first kappa shape index (κ1) is 12.0. The van der Waals surface area contributed by atoms with Gasteiger partial charge in [-0.2, -0.15) is 0 Å². The second kappa shape index (κ2) is 4.42. The number of primary sulfonamides is 1. The first-order chi connectivity index (χ1) is 7.97. The first-order valence-corrected chi connectivity index (χ1v) is 6.76.